The number of carboxylic acids is 1. The Kier molecular flexibility index (Phi) is 14.4. The van der Waals surface area contributed by atoms with Crippen molar-refractivity contribution in [3.8, 4) is 0 Å². The SMILES string of the molecule is CN[C@H](C(=O)N[C@H](C(=O)N(C)[C@H](/C=C(\C)C(=O)N[C@@H](CCC(=O)ON1C(=O)CCC1=O)C(=O)O)C(C)C)C(C)(C)C)C(C)(C)c1ccccc1. The van der Waals surface area contributed by atoms with E-state index in [2.05, 4.69) is 16.0 Å². The van der Waals surface area contributed by atoms with E-state index in [0.717, 1.165) is 5.56 Å². The third-order valence-electron chi connectivity index (χ3n) is 8.89. The van der Waals surface area contributed by atoms with Crippen LogP contribution >= 0.6 is 0 Å². The molecule has 1 aromatic carbocycles. The van der Waals surface area contributed by atoms with Crippen LogP contribution in [-0.4, -0.2) is 94.8 Å². The van der Waals surface area contributed by atoms with Gasteiger partial charge in [0.05, 0.1) is 18.5 Å². The van der Waals surface area contributed by atoms with E-state index < -0.39 is 71.1 Å². The quantitative estimate of drug-likeness (QED) is 0.147. The van der Waals surface area contributed by atoms with Crippen molar-refractivity contribution in [2.45, 2.75) is 111 Å². The molecule has 1 saturated heterocycles. The molecule has 2 rings (SSSR count). The molecule has 0 bridgehead atoms. The van der Waals surface area contributed by atoms with Crippen LogP contribution in [0, 0.1) is 11.3 Å². The van der Waals surface area contributed by atoms with Gasteiger partial charge in [0.1, 0.15) is 12.1 Å². The van der Waals surface area contributed by atoms with Crippen LogP contribution in [-0.2, 0) is 43.8 Å². The number of carbonyl (C=O) groups excluding carboxylic acids is 6. The molecule has 0 aliphatic carbocycles. The molecule has 0 saturated carbocycles. The molecule has 0 unspecified atom stereocenters. The van der Waals surface area contributed by atoms with Crippen LogP contribution in [0.4, 0.5) is 0 Å². The number of hydrogen-bond donors (Lipinski definition) is 4. The number of imide groups is 1. The number of benzene rings is 1. The van der Waals surface area contributed by atoms with Gasteiger partial charge in [-0.15, -0.1) is 5.06 Å². The summed E-state index contributed by atoms with van der Waals surface area (Å²) in [6.07, 6.45) is 0.543. The Morgan fingerprint density at radius 3 is 2.00 bits per heavy atom. The average molecular weight is 700 g/mol. The summed E-state index contributed by atoms with van der Waals surface area (Å²) >= 11 is 0. The molecule has 4 atom stereocenters. The van der Waals surface area contributed by atoms with E-state index in [0.29, 0.717) is 5.06 Å². The molecule has 4 N–H and O–H groups in total. The van der Waals surface area contributed by atoms with Gasteiger partial charge in [-0.05, 0) is 37.3 Å². The zero-order chi connectivity index (χ0) is 38.1. The van der Waals surface area contributed by atoms with Gasteiger partial charge in [0.15, 0.2) is 0 Å². The van der Waals surface area contributed by atoms with Gasteiger partial charge in [0, 0.05) is 30.9 Å². The van der Waals surface area contributed by atoms with Gasteiger partial charge in [-0.25, -0.2) is 9.59 Å². The van der Waals surface area contributed by atoms with Crippen molar-refractivity contribution in [2.75, 3.05) is 14.1 Å². The topological polar surface area (TPSA) is 192 Å². The summed E-state index contributed by atoms with van der Waals surface area (Å²) in [6, 6.07) is 5.89. The summed E-state index contributed by atoms with van der Waals surface area (Å²) in [6.45, 7) is 14.7. The second-order valence-corrected chi connectivity index (χ2v) is 14.6. The summed E-state index contributed by atoms with van der Waals surface area (Å²) in [5.74, 6) is -5.38. The first-order valence-corrected chi connectivity index (χ1v) is 16.7. The third kappa shape index (κ3) is 10.7. The highest BCUT2D eigenvalue weighted by atomic mass is 16.7. The number of rotatable bonds is 16. The van der Waals surface area contributed by atoms with Crippen molar-refractivity contribution in [3.63, 3.8) is 0 Å². The van der Waals surface area contributed by atoms with E-state index in [-0.39, 0.29) is 42.6 Å². The van der Waals surface area contributed by atoms with Crippen molar-refractivity contribution in [2.24, 2.45) is 11.3 Å². The fourth-order valence-electron chi connectivity index (χ4n) is 5.76. The molecule has 5 amide bonds. The average Bonchev–Trinajstić information content (AvgIpc) is 3.35. The monoisotopic (exact) mass is 699 g/mol. The molecule has 1 heterocycles. The maximum atomic E-state index is 14.1. The first-order valence-electron chi connectivity index (χ1n) is 16.7. The lowest BCUT2D eigenvalue weighted by molar-refractivity contribution is -0.197. The van der Waals surface area contributed by atoms with E-state index in [4.69, 9.17) is 4.84 Å². The second kappa shape index (κ2) is 17.4. The summed E-state index contributed by atoms with van der Waals surface area (Å²) in [7, 11) is 3.28. The summed E-state index contributed by atoms with van der Waals surface area (Å²) < 4.78 is 0. The van der Waals surface area contributed by atoms with Crippen molar-refractivity contribution in [1.82, 2.24) is 25.9 Å². The molecular weight excluding hydrogens is 646 g/mol. The van der Waals surface area contributed by atoms with Crippen LogP contribution in [0.5, 0.6) is 0 Å². The number of nitrogens with one attached hydrogen (secondary N) is 3. The van der Waals surface area contributed by atoms with Gasteiger partial charge >= 0.3 is 11.9 Å². The molecule has 1 aliphatic rings. The predicted octanol–water partition coefficient (Wildman–Crippen LogP) is 2.47. The van der Waals surface area contributed by atoms with E-state index in [1.807, 2.05) is 78.8 Å². The standard InChI is InChI=1S/C36H53N5O9/c1-21(2)25(20-22(3)31(45)38-24(34(48)49)16-19-28(44)50-41-26(42)17-18-27(41)43)40(10)33(47)30(35(4,5)6)39-32(46)29(37-9)36(7,8)23-14-12-11-13-15-23/h11-15,20-21,24-25,29-30,37H,16-19H2,1-10H3,(H,38,45)(H,39,46)(H,48,49)/b22-20+/t24-,25+,29+,30+/m0/s1. The fourth-order valence-corrected chi connectivity index (χ4v) is 5.76. The maximum absolute atomic E-state index is 14.1. The van der Waals surface area contributed by atoms with Crippen molar-refractivity contribution >= 4 is 41.5 Å². The zero-order valence-electron chi connectivity index (χ0n) is 30.8. The van der Waals surface area contributed by atoms with Crippen LogP contribution in [0.2, 0.25) is 0 Å². The first-order chi connectivity index (χ1) is 23.1. The van der Waals surface area contributed by atoms with Crippen LogP contribution in [0.3, 0.4) is 0 Å². The smallest absolute Gasteiger partial charge is 0.333 e. The summed E-state index contributed by atoms with van der Waals surface area (Å²) in [4.78, 5) is 94.8. The summed E-state index contributed by atoms with van der Waals surface area (Å²) in [5.41, 5.74) is -0.240. The Balaban J connectivity index is 2.21. The van der Waals surface area contributed by atoms with Gasteiger partial charge in [-0.1, -0.05) is 84.9 Å². The number of nitrogens with zero attached hydrogens (tertiary/aromatic N) is 2. The molecule has 0 spiro atoms. The lowest BCUT2D eigenvalue weighted by Crippen LogP contribution is -2.61. The molecule has 1 fully saturated rings. The highest BCUT2D eigenvalue weighted by Gasteiger charge is 2.42. The number of hydroxylamine groups is 2. The van der Waals surface area contributed by atoms with E-state index >= 15 is 0 Å². The zero-order valence-corrected chi connectivity index (χ0v) is 30.8. The van der Waals surface area contributed by atoms with E-state index in [1.54, 1.807) is 20.2 Å². The van der Waals surface area contributed by atoms with E-state index in [1.165, 1.54) is 11.8 Å². The number of likely N-dealkylation sites (N-methyl/N-ethyl adjacent to an activating group) is 2. The van der Waals surface area contributed by atoms with Crippen LogP contribution in [0.25, 0.3) is 0 Å². The maximum Gasteiger partial charge on any atom is 0.333 e. The molecule has 1 aliphatic heterocycles. The van der Waals surface area contributed by atoms with Gasteiger partial charge in [-0.3, -0.25) is 24.0 Å². The first kappa shape index (κ1) is 41.6. The molecular formula is C36H53N5O9. The molecule has 276 valence electrons. The van der Waals surface area contributed by atoms with Crippen molar-refractivity contribution in [1.29, 1.82) is 0 Å². The molecule has 14 heteroatoms. The normalized spacial score (nSPS) is 16.4. The molecule has 50 heavy (non-hydrogen) atoms. The minimum atomic E-state index is -1.49. The Bertz CT molecular complexity index is 1450. The lowest BCUT2D eigenvalue weighted by atomic mass is 9.76. The molecule has 0 radical (unpaired) electrons. The molecule has 14 nitrogen and oxygen atoms in total. The number of amides is 5. The minimum absolute atomic E-state index is 0.0842. The number of carboxylic acid groups (broad SMARTS) is 1. The van der Waals surface area contributed by atoms with Gasteiger partial charge in [-0.2, -0.15) is 0 Å². The van der Waals surface area contributed by atoms with Gasteiger partial charge in [0.25, 0.3) is 11.8 Å². The lowest BCUT2D eigenvalue weighted by Gasteiger charge is -2.40. The fraction of sp³-hybridized carbons (Fsp3) is 0.583. The highest BCUT2D eigenvalue weighted by molar-refractivity contribution is 6.01. The number of carbonyl (C=O) groups is 7. The number of hydrogen-bond acceptors (Lipinski definition) is 9. The van der Waals surface area contributed by atoms with E-state index in [9.17, 15) is 38.7 Å². The van der Waals surface area contributed by atoms with Crippen LogP contribution in [0.15, 0.2) is 42.0 Å². The Morgan fingerprint density at radius 1 is 0.960 bits per heavy atom. The number of aliphatic carboxylic acids is 1. The van der Waals surface area contributed by atoms with Gasteiger partial charge in [0.2, 0.25) is 17.7 Å². The third-order valence-corrected chi connectivity index (χ3v) is 8.89. The van der Waals surface area contributed by atoms with Crippen LogP contribution < -0.4 is 16.0 Å². The van der Waals surface area contributed by atoms with Crippen molar-refractivity contribution in [3.05, 3.63) is 47.5 Å². The molecule has 0 aromatic heterocycles. The van der Waals surface area contributed by atoms with Gasteiger partial charge < -0.3 is 30.8 Å². The summed E-state index contributed by atoms with van der Waals surface area (Å²) in [5, 5.41) is 18.6. The molecule has 1 aromatic rings. The Labute approximate surface area is 294 Å². The Morgan fingerprint density at radius 2 is 1.52 bits per heavy atom. The predicted molar refractivity (Wildman–Crippen MR) is 185 cm³/mol. The Hall–Kier alpha value is -4.59. The largest absolute Gasteiger partial charge is 0.480 e. The minimum Gasteiger partial charge on any atom is -0.480 e. The van der Waals surface area contributed by atoms with Crippen LogP contribution in [0.1, 0.15) is 86.6 Å². The van der Waals surface area contributed by atoms with Crippen molar-refractivity contribution < 1.29 is 43.5 Å². The second-order valence-electron chi connectivity index (χ2n) is 14.6. The highest BCUT2D eigenvalue weighted by Crippen LogP contribution is 2.29.